The van der Waals surface area contributed by atoms with Gasteiger partial charge in [0.1, 0.15) is 0 Å². The Bertz CT molecular complexity index is 277. The fourth-order valence-electron chi connectivity index (χ4n) is 2.68. The van der Waals surface area contributed by atoms with Crippen LogP contribution in [0.3, 0.4) is 0 Å². The van der Waals surface area contributed by atoms with Gasteiger partial charge in [-0.1, -0.05) is 13.8 Å². The van der Waals surface area contributed by atoms with Gasteiger partial charge in [-0.25, -0.2) is 0 Å². The molecule has 0 aromatic carbocycles. The predicted octanol–water partition coefficient (Wildman–Crippen LogP) is 1.95. The van der Waals surface area contributed by atoms with E-state index in [9.17, 15) is 4.79 Å². The summed E-state index contributed by atoms with van der Waals surface area (Å²) in [5, 5.41) is 12.4. The van der Waals surface area contributed by atoms with Crippen molar-refractivity contribution < 1.29 is 9.90 Å². The molecule has 0 aromatic heterocycles. The van der Waals surface area contributed by atoms with Gasteiger partial charge in [0, 0.05) is 18.1 Å². The third-order valence-corrected chi connectivity index (χ3v) is 3.87. The second-order valence-electron chi connectivity index (χ2n) is 6.39. The largest absolute Gasteiger partial charge is 0.481 e. The Morgan fingerprint density at radius 2 is 2.17 bits per heavy atom. The minimum absolute atomic E-state index is 0.0819. The highest BCUT2D eigenvalue weighted by molar-refractivity contribution is 5.67. The molecule has 106 valence electrons. The molecule has 1 aliphatic heterocycles. The normalized spacial score (nSPS) is 25.1. The fraction of sp³-hybridized carbons (Fsp3) is 0.929. The van der Waals surface area contributed by atoms with Crippen LogP contribution in [0.25, 0.3) is 0 Å². The lowest BCUT2D eigenvalue weighted by Crippen LogP contribution is -2.51. The first-order chi connectivity index (χ1) is 8.33. The molecule has 0 amide bonds. The SMILES string of the molecule is CC(C)CCN1C(CC(=O)O)CNCCC1(C)C. The van der Waals surface area contributed by atoms with Gasteiger partial charge in [0.05, 0.1) is 6.42 Å². The third kappa shape index (κ3) is 4.58. The van der Waals surface area contributed by atoms with Gasteiger partial charge in [-0.05, 0) is 45.7 Å². The van der Waals surface area contributed by atoms with Crippen molar-refractivity contribution >= 4 is 5.97 Å². The van der Waals surface area contributed by atoms with Crippen molar-refractivity contribution in [2.75, 3.05) is 19.6 Å². The average molecular weight is 256 g/mol. The monoisotopic (exact) mass is 256 g/mol. The van der Waals surface area contributed by atoms with Crippen LogP contribution < -0.4 is 5.32 Å². The summed E-state index contributed by atoms with van der Waals surface area (Å²) in [5.74, 6) is -0.0449. The lowest BCUT2D eigenvalue weighted by molar-refractivity contribution is -0.138. The molecule has 1 saturated heterocycles. The van der Waals surface area contributed by atoms with Crippen LogP contribution in [-0.2, 0) is 4.79 Å². The molecule has 0 spiro atoms. The van der Waals surface area contributed by atoms with Gasteiger partial charge in [-0.3, -0.25) is 9.69 Å². The van der Waals surface area contributed by atoms with Crippen molar-refractivity contribution in [3.8, 4) is 0 Å². The zero-order valence-electron chi connectivity index (χ0n) is 12.2. The maximum Gasteiger partial charge on any atom is 0.304 e. The second-order valence-corrected chi connectivity index (χ2v) is 6.39. The summed E-state index contributed by atoms with van der Waals surface area (Å²) in [4.78, 5) is 13.4. The second kappa shape index (κ2) is 6.53. The molecule has 1 aliphatic rings. The van der Waals surface area contributed by atoms with E-state index in [1.807, 2.05) is 0 Å². The van der Waals surface area contributed by atoms with Gasteiger partial charge >= 0.3 is 5.97 Å². The van der Waals surface area contributed by atoms with Crippen LogP contribution in [0.2, 0.25) is 0 Å². The number of carboxylic acids is 1. The van der Waals surface area contributed by atoms with E-state index in [1.54, 1.807) is 0 Å². The maximum atomic E-state index is 11.0. The van der Waals surface area contributed by atoms with E-state index in [4.69, 9.17) is 5.11 Å². The summed E-state index contributed by atoms with van der Waals surface area (Å²) in [6.07, 6.45) is 2.43. The van der Waals surface area contributed by atoms with Crippen LogP contribution >= 0.6 is 0 Å². The van der Waals surface area contributed by atoms with E-state index in [0.29, 0.717) is 5.92 Å². The van der Waals surface area contributed by atoms with Crippen LogP contribution in [-0.4, -0.2) is 47.2 Å². The van der Waals surface area contributed by atoms with Gasteiger partial charge in [0.15, 0.2) is 0 Å². The molecule has 1 rings (SSSR count). The van der Waals surface area contributed by atoms with Crippen LogP contribution in [0.1, 0.15) is 47.0 Å². The molecule has 18 heavy (non-hydrogen) atoms. The van der Waals surface area contributed by atoms with E-state index < -0.39 is 5.97 Å². The lowest BCUT2D eigenvalue weighted by atomic mass is 9.95. The molecule has 1 fully saturated rings. The molecule has 0 bridgehead atoms. The summed E-state index contributed by atoms with van der Waals surface area (Å²) < 4.78 is 0. The number of carbonyl (C=O) groups is 1. The van der Waals surface area contributed by atoms with Crippen LogP contribution in [0.15, 0.2) is 0 Å². The molecule has 0 aromatic rings. The molecular formula is C14H28N2O2. The summed E-state index contributed by atoms with van der Waals surface area (Å²) in [6, 6.07) is 0.110. The van der Waals surface area contributed by atoms with Gasteiger partial charge in [-0.15, -0.1) is 0 Å². The Labute approximate surface area is 111 Å². The van der Waals surface area contributed by atoms with Crippen molar-refractivity contribution in [3.63, 3.8) is 0 Å². The molecule has 0 aliphatic carbocycles. The molecule has 4 heteroatoms. The summed E-state index contributed by atoms with van der Waals surface area (Å²) in [5.41, 5.74) is 0.0819. The molecule has 1 heterocycles. The van der Waals surface area contributed by atoms with Crippen molar-refractivity contribution in [1.82, 2.24) is 10.2 Å². The summed E-state index contributed by atoms with van der Waals surface area (Å²) in [6.45, 7) is 11.6. The number of nitrogens with one attached hydrogen (secondary N) is 1. The van der Waals surface area contributed by atoms with Crippen molar-refractivity contribution in [2.24, 2.45) is 5.92 Å². The number of nitrogens with zero attached hydrogens (tertiary/aromatic N) is 1. The number of rotatable bonds is 5. The van der Waals surface area contributed by atoms with Crippen LogP contribution in [0.5, 0.6) is 0 Å². The topological polar surface area (TPSA) is 52.6 Å². The van der Waals surface area contributed by atoms with Gasteiger partial charge in [0.25, 0.3) is 0 Å². The zero-order valence-corrected chi connectivity index (χ0v) is 12.2. The zero-order chi connectivity index (χ0) is 13.8. The highest BCUT2D eigenvalue weighted by Crippen LogP contribution is 2.26. The van der Waals surface area contributed by atoms with Gasteiger partial charge in [0.2, 0.25) is 0 Å². The molecule has 4 nitrogen and oxygen atoms in total. The number of hydrogen-bond donors (Lipinski definition) is 2. The standard InChI is InChI=1S/C14H28N2O2/c1-11(2)5-8-16-12(9-13(17)18)10-15-7-6-14(16,3)4/h11-12,15H,5-10H2,1-4H3,(H,17,18). The molecule has 1 unspecified atom stereocenters. The Morgan fingerprint density at radius 1 is 1.50 bits per heavy atom. The predicted molar refractivity (Wildman–Crippen MR) is 73.8 cm³/mol. The van der Waals surface area contributed by atoms with Crippen molar-refractivity contribution in [1.29, 1.82) is 0 Å². The maximum absolute atomic E-state index is 11.0. The minimum Gasteiger partial charge on any atom is -0.481 e. The van der Waals surface area contributed by atoms with Crippen LogP contribution in [0.4, 0.5) is 0 Å². The number of hydrogen-bond acceptors (Lipinski definition) is 3. The van der Waals surface area contributed by atoms with Crippen LogP contribution in [0, 0.1) is 5.92 Å². The first kappa shape index (κ1) is 15.4. The Kier molecular flexibility index (Phi) is 5.60. The van der Waals surface area contributed by atoms with Crippen molar-refractivity contribution in [3.05, 3.63) is 0 Å². The minimum atomic E-state index is -0.700. The smallest absolute Gasteiger partial charge is 0.304 e. The molecule has 2 N–H and O–H groups in total. The molecule has 1 atom stereocenters. The quantitative estimate of drug-likeness (QED) is 0.789. The molecule has 0 radical (unpaired) electrons. The van der Waals surface area contributed by atoms with Crippen molar-refractivity contribution in [2.45, 2.75) is 58.5 Å². The Morgan fingerprint density at radius 3 is 2.72 bits per heavy atom. The van der Waals surface area contributed by atoms with E-state index in [0.717, 1.165) is 32.5 Å². The highest BCUT2D eigenvalue weighted by Gasteiger charge is 2.35. The summed E-state index contributed by atoms with van der Waals surface area (Å²) >= 11 is 0. The molecule has 0 saturated carbocycles. The van der Waals surface area contributed by atoms with E-state index in [1.165, 1.54) is 0 Å². The average Bonchev–Trinajstić information content (AvgIpc) is 2.34. The first-order valence-electron chi connectivity index (χ1n) is 7.02. The number of aliphatic carboxylic acids is 1. The molecular weight excluding hydrogens is 228 g/mol. The third-order valence-electron chi connectivity index (χ3n) is 3.87. The van der Waals surface area contributed by atoms with Gasteiger partial charge < -0.3 is 10.4 Å². The van der Waals surface area contributed by atoms with E-state index in [2.05, 4.69) is 37.9 Å². The fourth-order valence-corrected chi connectivity index (χ4v) is 2.68. The summed E-state index contributed by atoms with van der Waals surface area (Å²) in [7, 11) is 0. The van der Waals surface area contributed by atoms with E-state index >= 15 is 0 Å². The van der Waals surface area contributed by atoms with Gasteiger partial charge in [-0.2, -0.15) is 0 Å². The van der Waals surface area contributed by atoms with E-state index in [-0.39, 0.29) is 18.0 Å². The Hall–Kier alpha value is -0.610. The highest BCUT2D eigenvalue weighted by atomic mass is 16.4. The Balaban J connectivity index is 2.77. The lowest BCUT2D eigenvalue weighted by Gasteiger charge is -2.42. The first-order valence-corrected chi connectivity index (χ1v) is 7.02. The number of carboxylic acid groups (broad SMARTS) is 1.